The van der Waals surface area contributed by atoms with Crippen molar-refractivity contribution >= 4 is 7.32 Å². The summed E-state index contributed by atoms with van der Waals surface area (Å²) in [6.07, 6.45) is 1.01. The molecule has 0 amide bonds. The van der Waals surface area contributed by atoms with E-state index in [4.69, 9.17) is 19.4 Å². The molecule has 0 aliphatic carbocycles. The second-order valence-corrected chi connectivity index (χ2v) is 3.35. The van der Waals surface area contributed by atoms with E-state index in [9.17, 15) is 0 Å². The van der Waals surface area contributed by atoms with Crippen LogP contribution >= 0.6 is 0 Å². The van der Waals surface area contributed by atoms with E-state index in [0.717, 1.165) is 17.7 Å². The van der Waals surface area contributed by atoms with E-state index in [1.165, 1.54) is 0 Å². The molecule has 1 heterocycles. The van der Waals surface area contributed by atoms with Gasteiger partial charge in [-0.1, -0.05) is 0 Å². The molecule has 0 aromatic heterocycles. The SMILES string of the molecule is CC1Cc2cc(OB(O)O)ccc2O1. The Hall–Kier alpha value is -1.20. The summed E-state index contributed by atoms with van der Waals surface area (Å²) in [6, 6.07) is 5.19. The molecule has 74 valence electrons. The fourth-order valence-corrected chi connectivity index (χ4v) is 1.59. The molecule has 0 fully saturated rings. The molecule has 1 aromatic rings. The van der Waals surface area contributed by atoms with E-state index in [0.29, 0.717) is 5.75 Å². The maximum Gasteiger partial charge on any atom is 0.707 e. The predicted molar refractivity (Wildman–Crippen MR) is 51.1 cm³/mol. The van der Waals surface area contributed by atoms with Crippen LogP contribution in [0.25, 0.3) is 0 Å². The summed E-state index contributed by atoms with van der Waals surface area (Å²) in [7, 11) is -1.77. The monoisotopic (exact) mass is 194 g/mol. The van der Waals surface area contributed by atoms with Crippen LogP contribution in [0, 0.1) is 0 Å². The second-order valence-electron chi connectivity index (χ2n) is 3.35. The van der Waals surface area contributed by atoms with Crippen molar-refractivity contribution in [2.75, 3.05) is 0 Å². The van der Waals surface area contributed by atoms with Gasteiger partial charge >= 0.3 is 7.32 Å². The van der Waals surface area contributed by atoms with Gasteiger partial charge in [-0.25, -0.2) is 0 Å². The average Bonchev–Trinajstić information content (AvgIpc) is 2.42. The van der Waals surface area contributed by atoms with Crippen LogP contribution in [0.4, 0.5) is 0 Å². The number of hydrogen-bond acceptors (Lipinski definition) is 4. The lowest BCUT2D eigenvalue weighted by Gasteiger charge is -2.05. The highest BCUT2D eigenvalue weighted by Crippen LogP contribution is 2.31. The molecule has 4 nitrogen and oxygen atoms in total. The van der Waals surface area contributed by atoms with Crippen molar-refractivity contribution in [1.82, 2.24) is 0 Å². The Labute approximate surface area is 82.3 Å². The molecule has 5 heteroatoms. The maximum atomic E-state index is 8.61. The number of hydrogen-bond donors (Lipinski definition) is 2. The Bertz CT molecular complexity index is 340. The fourth-order valence-electron chi connectivity index (χ4n) is 1.59. The highest BCUT2D eigenvalue weighted by atomic mass is 16.6. The second kappa shape index (κ2) is 3.51. The molecule has 1 aromatic carbocycles. The van der Waals surface area contributed by atoms with Gasteiger partial charge in [-0.3, -0.25) is 0 Å². The first-order valence-corrected chi connectivity index (χ1v) is 4.47. The van der Waals surface area contributed by atoms with Crippen molar-refractivity contribution < 1.29 is 19.4 Å². The predicted octanol–water partition coefficient (Wildman–Crippen LogP) is 0.358. The molecular formula is C9H11BO4. The van der Waals surface area contributed by atoms with Crippen molar-refractivity contribution in [2.24, 2.45) is 0 Å². The minimum absolute atomic E-state index is 0.180. The highest BCUT2D eigenvalue weighted by molar-refractivity contribution is 6.33. The van der Waals surface area contributed by atoms with Crippen LogP contribution in [0.3, 0.4) is 0 Å². The van der Waals surface area contributed by atoms with E-state index in [-0.39, 0.29) is 6.10 Å². The third-order valence-electron chi connectivity index (χ3n) is 2.11. The molecule has 1 aliphatic heterocycles. The lowest BCUT2D eigenvalue weighted by Crippen LogP contribution is -2.20. The van der Waals surface area contributed by atoms with Crippen LogP contribution in [0.2, 0.25) is 0 Å². The van der Waals surface area contributed by atoms with Crippen LogP contribution in [0.15, 0.2) is 18.2 Å². The molecule has 0 saturated heterocycles. The van der Waals surface area contributed by atoms with Gasteiger partial charge in [0.2, 0.25) is 0 Å². The van der Waals surface area contributed by atoms with Crippen LogP contribution in [-0.2, 0) is 6.42 Å². The Balaban J connectivity index is 2.20. The summed E-state index contributed by atoms with van der Waals surface area (Å²) in [5, 5.41) is 17.2. The Kier molecular flexibility index (Phi) is 2.35. The van der Waals surface area contributed by atoms with Gasteiger partial charge in [-0.15, -0.1) is 0 Å². The first kappa shape index (κ1) is 9.36. The number of rotatable bonds is 2. The van der Waals surface area contributed by atoms with E-state index in [2.05, 4.69) is 0 Å². The van der Waals surface area contributed by atoms with Crippen LogP contribution < -0.4 is 9.39 Å². The molecular weight excluding hydrogens is 183 g/mol. The maximum absolute atomic E-state index is 8.61. The normalized spacial score (nSPS) is 18.6. The van der Waals surface area contributed by atoms with Crippen molar-refractivity contribution in [3.8, 4) is 11.5 Å². The third-order valence-corrected chi connectivity index (χ3v) is 2.11. The molecule has 1 atom stereocenters. The van der Waals surface area contributed by atoms with Crippen molar-refractivity contribution in [2.45, 2.75) is 19.4 Å². The molecule has 0 spiro atoms. The van der Waals surface area contributed by atoms with E-state index in [1.807, 2.05) is 6.92 Å². The van der Waals surface area contributed by atoms with Gasteiger partial charge in [0.05, 0.1) is 0 Å². The first-order chi connectivity index (χ1) is 6.65. The van der Waals surface area contributed by atoms with Crippen LogP contribution in [0.1, 0.15) is 12.5 Å². The molecule has 2 rings (SSSR count). The lowest BCUT2D eigenvalue weighted by molar-refractivity contribution is 0.254. The van der Waals surface area contributed by atoms with E-state index < -0.39 is 7.32 Å². The van der Waals surface area contributed by atoms with Gasteiger partial charge in [0.25, 0.3) is 0 Å². The van der Waals surface area contributed by atoms with Gasteiger partial charge < -0.3 is 19.4 Å². The molecule has 1 aliphatic rings. The Morgan fingerprint density at radius 2 is 2.29 bits per heavy atom. The molecule has 0 bridgehead atoms. The number of benzene rings is 1. The first-order valence-electron chi connectivity index (χ1n) is 4.47. The largest absolute Gasteiger partial charge is 0.707 e. The summed E-state index contributed by atoms with van der Waals surface area (Å²) >= 11 is 0. The van der Waals surface area contributed by atoms with Crippen molar-refractivity contribution in [3.05, 3.63) is 23.8 Å². The van der Waals surface area contributed by atoms with Crippen molar-refractivity contribution in [1.29, 1.82) is 0 Å². The zero-order valence-corrected chi connectivity index (χ0v) is 7.80. The summed E-state index contributed by atoms with van der Waals surface area (Å²) in [6.45, 7) is 1.99. The summed E-state index contributed by atoms with van der Waals surface area (Å²) in [4.78, 5) is 0. The standard InChI is InChI=1S/C9H11BO4/c1-6-4-7-5-8(14-10(11)12)2-3-9(7)13-6/h2-3,5-6,11-12H,4H2,1H3. The van der Waals surface area contributed by atoms with Gasteiger partial charge in [-0.2, -0.15) is 0 Å². The summed E-state index contributed by atoms with van der Waals surface area (Å²) in [5.74, 6) is 1.29. The fraction of sp³-hybridized carbons (Fsp3) is 0.333. The van der Waals surface area contributed by atoms with E-state index >= 15 is 0 Å². The van der Waals surface area contributed by atoms with Gasteiger partial charge in [0.1, 0.15) is 17.6 Å². The number of fused-ring (bicyclic) bond motifs is 1. The average molecular weight is 194 g/mol. The zero-order valence-electron chi connectivity index (χ0n) is 7.80. The van der Waals surface area contributed by atoms with E-state index in [1.54, 1.807) is 18.2 Å². The smallest absolute Gasteiger partial charge is 0.512 e. The van der Waals surface area contributed by atoms with Crippen LogP contribution in [-0.4, -0.2) is 23.5 Å². The Morgan fingerprint density at radius 3 is 3.00 bits per heavy atom. The summed E-state index contributed by atoms with van der Waals surface area (Å²) < 4.78 is 10.2. The molecule has 14 heavy (non-hydrogen) atoms. The molecule has 0 radical (unpaired) electrons. The topological polar surface area (TPSA) is 58.9 Å². The molecule has 1 unspecified atom stereocenters. The third kappa shape index (κ3) is 1.83. The van der Waals surface area contributed by atoms with Gasteiger partial charge in [0, 0.05) is 12.0 Å². The highest BCUT2D eigenvalue weighted by Gasteiger charge is 2.20. The molecule has 2 N–H and O–H groups in total. The zero-order chi connectivity index (χ0) is 10.1. The molecule has 0 saturated carbocycles. The minimum atomic E-state index is -1.77. The lowest BCUT2D eigenvalue weighted by atomic mass is 10.1. The Morgan fingerprint density at radius 1 is 1.50 bits per heavy atom. The van der Waals surface area contributed by atoms with Crippen molar-refractivity contribution in [3.63, 3.8) is 0 Å². The minimum Gasteiger partial charge on any atom is -0.512 e. The van der Waals surface area contributed by atoms with Crippen LogP contribution in [0.5, 0.6) is 11.5 Å². The quantitative estimate of drug-likeness (QED) is 0.667. The number of ether oxygens (including phenoxy) is 1. The van der Waals surface area contributed by atoms with Gasteiger partial charge in [-0.05, 0) is 25.1 Å². The summed E-state index contributed by atoms with van der Waals surface area (Å²) in [5.41, 5.74) is 1.04. The van der Waals surface area contributed by atoms with Gasteiger partial charge in [0.15, 0.2) is 0 Å².